The summed E-state index contributed by atoms with van der Waals surface area (Å²) in [5, 5.41) is 14.0. The van der Waals surface area contributed by atoms with Crippen LogP contribution in [-0.4, -0.2) is 53.5 Å². The number of nitrogens with zero attached hydrogens (tertiary/aromatic N) is 4. The fourth-order valence-electron chi connectivity index (χ4n) is 3.51. The molecule has 0 spiro atoms. The third kappa shape index (κ3) is 6.64. The third-order valence-corrected chi connectivity index (χ3v) is 6.47. The number of ether oxygens (including phenoxy) is 3. The molecular formula is C27H26ClN5O4S. The Labute approximate surface area is 229 Å². The highest BCUT2D eigenvalue weighted by molar-refractivity contribution is 7.99. The summed E-state index contributed by atoms with van der Waals surface area (Å²) in [5.41, 5.74) is 4.96. The van der Waals surface area contributed by atoms with Gasteiger partial charge in [-0.15, -0.1) is 10.2 Å². The van der Waals surface area contributed by atoms with E-state index in [0.717, 1.165) is 22.6 Å². The number of carbonyl (C=O) groups is 1. The van der Waals surface area contributed by atoms with Crippen molar-refractivity contribution in [1.29, 1.82) is 0 Å². The van der Waals surface area contributed by atoms with Gasteiger partial charge in [0.15, 0.2) is 22.5 Å². The minimum Gasteiger partial charge on any atom is -0.494 e. The Morgan fingerprint density at radius 3 is 2.45 bits per heavy atom. The molecule has 196 valence electrons. The predicted molar refractivity (Wildman–Crippen MR) is 149 cm³/mol. The molecule has 0 atom stereocenters. The average molecular weight is 552 g/mol. The van der Waals surface area contributed by atoms with E-state index in [-0.39, 0.29) is 11.7 Å². The van der Waals surface area contributed by atoms with Gasteiger partial charge in [-0.2, -0.15) is 5.10 Å². The van der Waals surface area contributed by atoms with Crippen LogP contribution >= 0.6 is 23.4 Å². The van der Waals surface area contributed by atoms with Crippen molar-refractivity contribution < 1.29 is 19.0 Å². The van der Waals surface area contributed by atoms with Gasteiger partial charge in [0, 0.05) is 16.3 Å². The number of hydrogen-bond donors (Lipinski definition) is 1. The van der Waals surface area contributed by atoms with E-state index >= 15 is 0 Å². The molecule has 0 unspecified atom stereocenters. The van der Waals surface area contributed by atoms with E-state index in [0.29, 0.717) is 34.1 Å². The van der Waals surface area contributed by atoms with Gasteiger partial charge in [0.2, 0.25) is 0 Å². The molecule has 0 fully saturated rings. The van der Waals surface area contributed by atoms with Crippen molar-refractivity contribution in [3.05, 3.63) is 77.3 Å². The largest absolute Gasteiger partial charge is 0.494 e. The van der Waals surface area contributed by atoms with Gasteiger partial charge >= 0.3 is 0 Å². The molecule has 0 radical (unpaired) electrons. The van der Waals surface area contributed by atoms with E-state index in [4.69, 9.17) is 25.8 Å². The molecule has 38 heavy (non-hydrogen) atoms. The summed E-state index contributed by atoms with van der Waals surface area (Å²) in [7, 11) is 3.13. The zero-order chi connectivity index (χ0) is 26.9. The maximum Gasteiger partial charge on any atom is 0.250 e. The molecule has 9 nitrogen and oxygen atoms in total. The summed E-state index contributed by atoms with van der Waals surface area (Å²) >= 11 is 7.32. The van der Waals surface area contributed by atoms with Crippen molar-refractivity contribution in [3.8, 4) is 34.3 Å². The fourth-order valence-corrected chi connectivity index (χ4v) is 4.38. The number of carbonyl (C=O) groups excluding carboxylic acids is 1. The van der Waals surface area contributed by atoms with Gasteiger partial charge < -0.3 is 14.2 Å². The van der Waals surface area contributed by atoms with Crippen LogP contribution < -0.4 is 19.6 Å². The molecule has 1 N–H and O–H groups in total. The number of hydrazone groups is 1. The van der Waals surface area contributed by atoms with E-state index in [1.165, 1.54) is 18.0 Å². The summed E-state index contributed by atoms with van der Waals surface area (Å²) < 4.78 is 18.0. The SMILES string of the molecule is CCOc1ccc(-n2c(SCC(=O)NN=Cc3ccc(OC)c(OC)c3)nnc2-c2ccc(Cl)cc2)cc1. The monoisotopic (exact) mass is 551 g/mol. The van der Waals surface area contributed by atoms with E-state index in [9.17, 15) is 4.79 Å². The lowest BCUT2D eigenvalue weighted by Crippen LogP contribution is -2.20. The molecular weight excluding hydrogens is 526 g/mol. The normalized spacial score (nSPS) is 10.9. The third-order valence-electron chi connectivity index (χ3n) is 5.28. The van der Waals surface area contributed by atoms with Gasteiger partial charge in [-0.25, -0.2) is 5.43 Å². The lowest BCUT2D eigenvalue weighted by molar-refractivity contribution is -0.118. The van der Waals surface area contributed by atoms with Crippen LogP contribution in [0, 0.1) is 0 Å². The van der Waals surface area contributed by atoms with Crippen molar-refractivity contribution in [2.45, 2.75) is 12.1 Å². The number of hydrogen-bond acceptors (Lipinski definition) is 8. The number of halogens is 1. The maximum atomic E-state index is 12.5. The van der Waals surface area contributed by atoms with E-state index < -0.39 is 0 Å². The minimum absolute atomic E-state index is 0.0824. The lowest BCUT2D eigenvalue weighted by Gasteiger charge is -2.11. The Morgan fingerprint density at radius 2 is 1.76 bits per heavy atom. The van der Waals surface area contributed by atoms with Gasteiger partial charge in [0.25, 0.3) is 5.91 Å². The highest BCUT2D eigenvalue weighted by atomic mass is 35.5. The summed E-state index contributed by atoms with van der Waals surface area (Å²) in [6.45, 7) is 2.51. The first-order chi connectivity index (χ1) is 18.5. The number of thioether (sulfide) groups is 1. The molecule has 4 aromatic rings. The number of amides is 1. The fraction of sp³-hybridized carbons (Fsp3) is 0.185. The molecule has 0 bridgehead atoms. The first kappa shape index (κ1) is 27.0. The Kier molecular flexibility index (Phi) is 9.23. The number of methoxy groups -OCH3 is 2. The van der Waals surface area contributed by atoms with Gasteiger partial charge in [0.1, 0.15) is 5.75 Å². The maximum absolute atomic E-state index is 12.5. The smallest absolute Gasteiger partial charge is 0.250 e. The number of aromatic nitrogens is 3. The van der Waals surface area contributed by atoms with Crippen molar-refractivity contribution in [1.82, 2.24) is 20.2 Å². The zero-order valence-corrected chi connectivity index (χ0v) is 22.6. The van der Waals surface area contributed by atoms with Crippen LogP contribution in [0.15, 0.2) is 77.0 Å². The van der Waals surface area contributed by atoms with E-state index in [1.54, 1.807) is 38.5 Å². The van der Waals surface area contributed by atoms with E-state index in [1.807, 2.05) is 54.0 Å². The van der Waals surface area contributed by atoms with Crippen LogP contribution in [0.3, 0.4) is 0 Å². The molecule has 1 aromatic heterocycles. The molecule has 0 aliphatic heterocycles. The second-order valence-corrected chi connectivity index (χ2v) is 9.15. The van der Waals surface area contributed by atoms with Gasteiger partial charge in [-0.05, 0) is 79.2 Å². The summed E-state index contributed by atoms with van der Waals surface area (Å²) in [4.78, 5) is 12.5. The summed E-state index contributed by atoms with van der Waals surface area (Å²) in [6.07, 6.45) is 1.53. The first-order valence-corrected chi connectivity index (χ1v) is 13.0. The summed E-state index contributed by atoms with van der Waals surface area (Å²) in [6, 6.07) is 20.3. The molecule has 0 aliphatic rings. The second-order valence-electron chi connectivity index (χ2n) is 7.77. The van der Waals surface area contributed by atoms with Crippen molar-refractivity contribution >= 4 is 35.5 Å². The molecule has 0 saturated carbocycles. The predicted octanol–water partition coefficient (Wildman–Crippen LogP) is 5.25. The molecule has 3 aromatic carbocycles. The summed E-state index contributed by atoms with van der Waals surface area (Å²) in [5.74, 6) is 2.36. The van der Waals surface area contributed by atoms with Gasteiger partial charge in [-0.1, -0.05) is 23.4 Å². The molecule has 1 amide bonds. The molecule has 11 heteroatoms. The first-order valence-electron chi connectivity index (χ1n) is 11.6. The van der Waals surface area contributed by atoms with E-state index in [2.05, 4.69) is 20.7 Å². The quantitative estimate of drug-likeness (QED) is 0.154. The minimum atomic E-state index is -0.291. The Morgan fingerprint density at radius 1 is 1.03 bits per heavy atom. The van der Waals surface area contributed by atoms with Crippen LogP contribution in [0.4, 0.5) is 0 Å². The van der Waals surface area contributed by atoms with Crippen LogP contribution in [-0.2, 0) is 4.79 Å². The van der Waals surface area contributed by atoms with Gasteiger partial charge in [0.05, 0.1) is 32.8 Å². The standard InChI is InChI=1S/C27H26ClN5O4S/c1-4-37-22-12-10-21(11-13-22)33-26(19-6-8-20(28)9-7-19)31-32-27(33)38-17-25(34)30-29-16-18-5-14-23(35-2)24(15-18)36-3/h5-16H,4,17H2,1-3H3,(H,30,34). The van der Waals surface area contributed by atoms with Crippen LogP contribution in [0.25, 0.3) is 17.1 Å². The Hall–Kier alpha value is -4.02. The molecule has 0 aliphatic carbocycles. The molecule has 1 heterocycles. The van der Waals surface area contributed by atoms with Crippen LogP contribution in [0.5, 0.6) is 17.2 Å². The molecule has 4 rings (SSSR count). The second kappa shape index (κ2) is 13.0. The van der Waals surface area contributed by atoms with Crippen molar-refractivity contribution in [2.75, 3.05) is 26.6 Å². The van der Waals surface area contributed by atoms with Crippen molar-refractivity contribution in [2.24, 2.45) is 5.10 Å². The van der Waals surface area contributed by atoms with Gasteiger partial charge in [-0.3, -0.25) is 9.36 Å². The Bertz CT molecular complexity index is 1410. The average Bonchev–Trinajstić information content (AvgIpc) is 3.36. The lowest BCUT2D eigenvalue weighted by atomic mass is 10.2. The molecule has 0 saturated heterocycles. The Balaban J connectivity index is 1.49. The van der Waals surface area contributed by atoms with Crippen LogP contribution in [0.2, 0.25) is 5.02 Å². The van der Waals surface area contributed by atoms with Crippen molar-refractivity contribution in [3.63, 3.8) is 0 Å². The van der Waals surface area contributed by atoms with Crippen LogP contribution in [0.1, 0.15) is 12.5 Å². The number of nitrogens with one attached hydrogen (secondary N) is 1. The highest BCUT2D eigenvalue weighted by Gasteiger charge is 2.17. The zero-order valence-electron chi connectivity index (χ0n) is 21.1. The highest BCUT2D eigenvalue weighted by Crippen LogP contribution is 2.30. The topological polar surface area (TPSA) is 99.9 Å². The number of benzene rings is 3. The number of rotatable bonds is 11.